The molecule has 18 rings (SSSR count). The van der Waals surface area contributed by atoms with E-state index in [1.807, 2.05) is 211 Å². The first-order chi connectivity index (χ1) is 67.9. The molecule has 6 aromatic carbocycles. The quantitative estimate of drug-likeness (QED) is 0.0250. The largest absolute Gasteiger partial charge is 0.391 e. The summed E-state index contributed by atoms with van der Waals surface area (Å²) < 4.78 is 10.4. The molecule has 10 amide bonds. The molecule has 744 valence electrons. The molecule has 8 N–H and O–H groups in total. The Hall–Kier alpha value is -13.2. The number of amides is 10. The van der Waals surface area contributed by atoms with Gasteiger partial charge in [0.25, 0.3) is 11.8 Å². The molecule has 0 bridgehead atoms. The van der Waals surface area contributed by atoms with E-state index in [-0.39, 0.29) is 123 Å². The summed E-state index contributed by atoms with van der Waals surface area (Å²) in [6.45, 7) is 28.2. The fourth-order valence-corrected chi connectivity index (χ4v) is 22.6. The van der Waals surface area contributed by atoms with Crippen LogP contribution in [0.4, 0.5) is 0 Å². The Balaban J connectivity index is 0.000000143. The fourth-order valence-electron chi connectivity index (χ4n) is 19.4. The smallest absolute Gasteiger partial charge is 0.255 e. The second-order valence-electron chi connectivity index (χ2n) is 38.4. The maximum absolute atomic E-state index is 14.0. The summed E-state index contributed by atoms with van der Waals surface area (Å²) in [4.78, 5) is 164. The van der Waals surface area contributed by atoms with Gasteiger partial charge in [-0.25, -0.2) is 19.9 Å². The van der Waals surface area contributed by atoms with Gasteiger partial charge in [-0.1, -0.05) is 171 Å². The van der Waals surface area contributed by atoms with Gasteiger partial charge in [0.2, 0.25) is 47.3 Å². The van der Waals surface area contributed by atoms with Gasteiger partial charge in [-0.2, -0.15) is 0 Å². The van der Waals surface area contributed by atoms with Crippen LogP contribution < -0.4 is 21.3 Å². The van der Waals surface area contributed by atoms with E-state index < -0.39 is 71.5 Å². The molecule has 12 heterocycles. The lowest BCUT2D eigenvalue weighted by Crippen LogP contribution is -2.60. The lowest BCUT2D eigenvalue weighted by atomic mass is 9.94. The lowest BCUT2D eigenvalue weighted by molar-refractivity contribution is -0.148. The molecule has 12 atom stereocenters. The minimum atomic E-state index is -1.24. The molecule has 32 nitrogen and oxygen atoms in total. The van der Waals surface area contributed by atoms with Crippen molar-refractivity contribution in [3.63, 3.8) is 0 Å². The van der Waals surface area contributed by atoms with Crippen molar-refractivity contribution >= 4 is 104 Å². The molecular weight excluding hydrogens is 1880 g/mol. The lowest BCUT2D eigenvalue weighted by Gasteiger charge is -2.39. The number of carbonyl (C=O) groups excluding carboxylic acids is 10. The Morgan fingerprint density at radius 1 is 0.401 bits per heavy atom. The van der Waals surface area contributed by atoms with Crippen LogP contribution in [0.1, 0.15) is 193 Å². The molecule has 0 spiro atoms. The number of aromatic nitrogens is 6. The summed E-state index contributed by atoms with van der Waals surface area (Å²) in [6.07, 6.45) is -2.44. The highest BCUT2D eigenvalue weighted by Gasteiger charge is 2.55. The minimum Gasteiger partial charge on any atom is -0.391 e. The Labute approximate surface area is 840 Å². The number of nitrogens with zero attached hydrogens (tertiary/aromatic N) is 12. The first kappa shape index (κ1) is 103. The van der Waals surface area contributed by atoms with Gasteiger partial charge in [0.1, 0.15) is 46.8 Å². The Kier molecular flexibility index (Phi) is 32.4. The van der Waals surface area contributed by atoms with E-state index in [4.69, 9.17) is 9.05 Å². The summed E-state index contributed by atoms with van der Waals surface area (Å²) in [6, 6.07) is 47.1. The van der Waals surface area contributed by atoms with Crippen LogP contribution in [0, 0.1) is 53.4 Å². The first-order valence-electron chi connectivity index (χ1n) is 47.6. The Bertz CT molecular complexity index is 6180. The SMILES string of the molecule is Cc1cc([C@@H](C)C(=O)N2C[C@H](O)C[C@H]2C(=O)NCc2ccc(-c3scnc3C)cc2)on1.Cc1cc([C@H](C)C(=O)N2C[C@H](O)C[C@H]2C(=O)NCc2ccc(-c3scnc3C)cc2)on1.Cc1ncsc1-c1ccc(CNC(=O)C2(C)C[C@@H](O)CN2C(=O)[C@H](C(C)C)N2Cc3ccccc3C2=O)cc1.Cc1ncsc1-c1ccc(CNC(=O)C2(C)C[C@@H](O)CN2C(=O)[C@H](C(C)C)N2Cc3ccccc3C2=O)cc1. The topological polar surface area (TPSA) is 423 Å². The third-order valence-electron chi connectivity index (χ3n) is 27.2. The van der Waals surface area contributed by atoms with E-state index >= 15 is 0 Å². The molecule has 0 saturated carbocycles. The molecule has 6 aliphatic rings. The number of hydrogen-bond acceptors (Lipinski definition) is 26. The maximum atomic E-state index is 14.0. The van der Waals surface area contributed by atoms with Crippen LogP contribution in [0.2, 0.25) is 0 Å². The zero-order valence-corrected chi connectivity index (χ0v) is 85.1. The molecule has 0 aliphatic carbocycles. The molecule has 6 aromatic heterocycles. The monoisotopic (exact) mass is 2000 g/mol. The van der Waals surface area contributed by atoms with E-state index in [1.165, 1.54) is 19.6 Å². The van der Waals surface area contributed by atoms with Gasteiger partial charge in [0, 0.05) is 114 Å². The summed E-state index contributed by atoms with van der Waals surface area (Å²) in [5, 5.41) is 60.9. The van der Waals surface area contributed by atoms with Gasteiger partial charge in [-0.15, -0.1) is 45.3 Å². The van der Waals surface area contributed by atoms with Crippen molar-refractivity contribution in [1.29, 1.82) is 0 Å². The van der Waals surface area contributed by atoms with E-state index in [1.54, 1.807) is 121 Å². The molecule has 12 aromatic rings. The van der Waals surface area contributed by atoms with E-state index in [2.05, 4.69) is 51.5 Å². The van der Waals surface area contributed by atoms with Crippen LogP contribution in [0.25, 0.3) is 41.8 Å². The number of aliphatic hydroxyl groups is 4. The number of β-amino-alcohol motifs (C(OH)–C–C–N with tert-alkyl or cyclic N) is 4. The zero-order valence-electron chi connectivity index (χ0n) is 81.8. The number of aliphatic hydroxyl groups excluding tert-OH is 4. The van der Waals surface area contributed by atoms with Gasteiger partial charge in [0.05, 0.1) is 112 Å². The van der Waals surface area contributed by atoms with Crippen molar-refractivity contribution in [3.05, 3.63) is 270 Å². The average Bonchev–Trinajstić information content (AvgIpc) is 1.60. The van der Waals surface area contributed by atoms with Crippen LogP contribution in [0.3, 0.4) is 0 Å². The van der Waals surface area contributed by atoms with Gasteiger partial charge in [-0.05, 0) is 149 Å². The number of hydrogen-bond donors (Lipinski definition) is 8. The van der Waals surface area contributed by atoms with Gasteiger partial charge < -0.3 is 80.1 Å². The van der Waals surface area contributed by atoms with Crippen LogP contribution in [-0.2, 0) is 77.6 Å². The van der Waals surface area contributed by atoms with Crippen LogP contribution in [-0.4, -0.2) is 225 Å². The average molecular weight is 2000 g/mol. The first-order valence-corrected chi connectivity index (χ1v) is 51.1. The fraction of sp³-hybridized carbons (Fsp3) is 0.396. The van der Waals surface area contributed by atoms with Crippen molar-refractivity contribution in [2.45, 2.75) is 233 Å². The predicted molar refractivity (Wildman–Crippen MR) is 539 cm³/mol. The molecule has 2 unspecified atom stereocenters. The summed E-state index contributed by atoms with van der Waals surface area (Å²) in [5.41, 5.74) is 21.2. The molecule has 0 radical (unpaired) electrons. The number of fused-ring (bicyclic) bond motifs is 2. The Morgan fingerprint density at radius 3 is 0.965 bits per heavy atom. The number of rotatable bonds is 26. The number of aryl methyl sites for hydroxylation is 6. The summed E-state index contributed by atoms with van der Waals surface area (Å²) in [5.74, 6) is -3.35. The summed E-state index contributed by atoms with van der Waals surface area (Å²) in [7, 11) is 0. The minimum absolute atomic E-state index is 0.0455. The highest BCUT2D eigenvalue weighted by atomic mass is 32.1. The van der Waals surface area contributed by atoms with Crippen molar-refractivity contribution in [1.82, 2.24) is 80.9 Å². The standard InChI is InChI=1S/2C30H34N4O4S.2C23H26N4O4S/c2*1-18(2)25(33-15-22-7-5-6-8-24(22)27(33)36)28(37)34-16-23(35)13-30(34,4)29(38)31-14-20-9-11-21(12-10-20)26-19(3)32-17-39-26;2*1-13-8-20(31-26-13)14(2)23(30)27-11-18(28)9-19(27)22(29)24-10-16-4-6-17(7-5-16)21-15(3)25-12-32-21/h2*5-12,17-18,23,25,35H,13-16H2,1-4H3,(H,31,38);2*4-8,12,14,18-19,28H,9-11H2,1-3H3,(H,24,29)/t2*23-,25+,30?;14-,18+,19-;14-,18-,19+/m1101/s1. The third kappa shape index (κ3) is 22.8. The van der Waals surface area contributed by atoms with E-state index in [0.717, 1.165) is 97.9 Å². The van der Waals surface area contributed by atoms with Crippen LogP contribution in [0.15, 0.2) is 189 Å². The normalized spacial score (nSPS) is 20.4. The van der Waals surface area contributed by atoms with Crippen LogP contribution in [0.5, 0.6) is 0 Å². The van der Waals surface area contributed by atoms with Crippen molar-refractivity contribution < 1.29 is 77.4 Å². The van der Waals surface area contributed by atoms with Gasteiger partial charge in [0.15, 0.2) is 0 Å². The number of nitrogens with one attached hydrogen (secondary N) is 4. The number of carbonyl (C=O) groups is 10. The van der Waals surface area contributed by atoms with E-state index in [0.29, 0.717) is 73.3 Å². The molecular formula is C106H120N16O16S4. The highest BCUT2D eigenvalue weighted by molar-refractivity contribution is 7.14. The zero-order chi connectivity index (χ0) is 101. The second-order valence-corrected chi connectivity index (χ2v) is 41.8. The number of likely N-dealkylation sites (tertiary alicyclic amines) is 4. The van der Waals surface area contributed by atoms with Gasteiger partial charge in [-0.3, -0.25) is 47.9 Å². The molecule has 142 heavy (non-hydrogen) atoms. The number of benzene rings is 6. The molecule has 36 heteroatoms. The summed E-state index contributed by atoms with van der Waals surface area (Å²) >= 11 is 6.37. The molecule has 4 saturated heterocycles. The van der Waals surface area contributed by atoms with Crippen molar-refractivity contribution in [3.8, 4) is 41.8 Å². The predicted octanol–water partition coefficient (Wildman–Crippen LogP) is 13.1. The Morgan fingerprint density at radius 2 is 0.697 bits per heavy atom. The van der Waals surface area contributed by atoms with Crippen molar-refractivity contribution in [2.75, 3.05) is 26.2 Å². The number of thiazole rings is 4. The van der Waals surface area contributed by atoms with Gasteiger partial charge >= 0.3 is 0 Å². The maximum Gasteiger partial charge on any atom is 0.255 e. The molecule has 4 fully saturated rings. The third-order valence-corrected chi connectivity index (χ3v) is 31.1. The van der Waals surface area contributed by atoms with Crippen molar-refractivity contribution in [2.24, 2.45) is 11.8 Å². The van der Waals surface area contributed by atoms with Crippen LogP contribution >= 0.6 is 45.3 Å². The highest BCUT2D eigenvalue weighted by Crippen LogP contribution is 2.40. The second kappa shape index (κ2) is 44.5. The molecule has 6 aliphatic heterocycles. The van der Waals surface area contributed by atoms with E-state index in [9.17, 15) is 68.4 Å².